The van der Waals surface area contributed by atoms with Gasteiger partial charge in [0.1, 0.15) is 5.78 Å². The number of amides is 3. The van der Waals surface area contributed by atoms with E-state index in [-0.39, 0.29) is 61.7 Å². The van der Waals surface area contributed by atoms with Crippen molar-refractivity contribution >= 4 is 35.3 Å². The third-order valence-corrected chi connectivity index (χ3v) is 4.75. The van der Waals surface area contributed by atoms with E-state index in [4.69, 9.17) is 9.84 Å². The monoisotopic (exact) mass is 438 g/mol. The Morgan fingerprint density at radius 3 is 2.23 bits per heavy atom. The normalized spacial score (nSPS) is 15.1. The first-order valence-corrected chi connectivity index (χ1v) is 10.3. The SMILES string of the molecule is C[C@H](CC(=O)[C@H](C)NC(=O)CCOCCCC(=O)CCCN1C(=O)C=CC1=O)C(=O)O. The molecule has 0 radical (unpaired) electrons. The van der Waals surface area contributed by atoms with Gasteiger partial charge in [0.05, 0.1) is 18.6 Å². The van der Waals surface area contributed by atoms with Crippen LogP contribution in [0.2, 0.25) is 0 Å². The molecule has 31 heavy (non-hydrogen) atoms. The van der Waals surface area contributed by atoms with Gasteiger partial charge in [-0.15, -0.1) is 0 Å². The van der Waals surface area contributed by atoms with Gasteiger partial charge in [0.2, 0.25) is 5.91 Å². The van der Waals surface area contributed by atoms with Gasteiger partial charge in [0.25, 0.3) is 11.8 Å². The summed E-state index contributed by atoms with van der Waals surface area (Å²) in [5, 5.41) is 11.3. The van der Waals surface area contributed by atoms with Gasteiger partial charge in [0, 0.05) is 51.0 Å². The summed E-state index contributed by atoms with van der Waals surface area (Å²) >= 11 is 0. The zero-order chi connectivity index (χ0) is 23.4. The highest BCUT2D eigenvalue weighted by atomic mass is 16.5. The zero-order valence-corrected chi connectivity index (χ0v) is 17.9. The van der Waals surface area contributed by atoms with E-state index in [1.165, 1.54) is 26.0 Å². The molecule has 0 bridgehead atoms. The van der Waals surface area contributed by atoms with Crippen LogP contribution in [0.25, 0.3) is 0 Å². The molecule has 2 N–H and O–H groups in total. The van der Waals surface area contributed by atoms with Crippen LogP contribution in [0.3, 0.4) is 0 Å². The minimum atomic E-state index is -1.06. The number of aliphatic carboxylic acids is 1. The van der Waals surface area contributed by atoms with Gasteiger partial charge in [-0.3, -0.25) is 33.7 Å². The Balaban J connectivity index is 2.05. The van der Waals surface area contributed by atoms with E-state index in [1.807, 2.05) is 0 Å². The summed E-state index contributed by atoms with van der Waals surface area (Å²) in [6, 6.07) is -0.770. The number of carbonyl (C=O) groups excluding carboxylic acids is 5. The maximum absolute atomic E-state index is 11.9. The number of carbonyl (C=O) groups is 6. The van der Waals surface area contributed by atoms with E-state index < -0.39 is 17.9 Å². The average Bonchev–Trinajstić information content (AvgIpc) is 3.02. The summed E-state index contributed by atoms with van der Waals surface area (Å²) in [6.45, 7) is 3.60. The first-order chi connectivity index (χ1) is 14.6. The van der Waals surface area contributed by atoms with Crippen LogP contribution < -0.4 is 5.32 Å². The van der Waals surface area contributed by atoms with Crippen molar-refractivity contribution in [1.29, 1.82) is 0 Å². The Hall–Kier alpha value is -2.88. The lowest BCUT2D eigenvalue weighted by Crippen LogP contribution is -2.39. The lowest BCUT2D eigenvalue weighted by Gasteiger charge is -2.14. The molecule has 2 atom stereocenters. The topological polar surface area (TPSA) is 147 Å². The van der Waals surface area contributed by atoms with Crippen molar-refractivity contribution in [3.63, 3.8) is 0 Å². The molecule has 0 aliphatic carbocycles. The Bertz CT molecular complexity index is 713. The second-order valence-electron chi connectivity index (χ2n) is 7.47. The van der Waals surface area contributed by atoms with Gasteiger partial charge in [-0.25, -0.2) is 0 Å². The molecule has 0 aromatic rings. The number of nitrogens with one attached hydrogen (secondary N) is 1. The maximum atomic E-state index is 11.9. The Kier molecular flexibility index (Phi) is 11.3. The van der Waals surface area contributed by atoms with Crippen molar-refractivity contribution in [2.75, 3.05) is 19.8 Å². The first-order valence-electron chi connectivity index (χ1n) is 10.3. The molecule has 10 heteroatoms. The molecule has 172 valence electrons. The fourth-order valence-corrected chi connectivity index (χ4v) is 2.81. The highest BCUT2D eigenvalue weighted by molar-refractivity contribution is 6.12. The van der Waals surface area contributed by atoms with Gasteiger partial charge >= 0.3 is 5.97 Å². The molecule has 1 rings (SSSR count). The number of carboxylic acid groups (broad SMARTS) is 1. The van der Waals surface area contributed by atoms with Gasteiger partial charge in [-0.05, 0) is 19.8 Å². The summed E-state index contributed by atoms with van der Waals surface area (Å²) in [6.07, 6.45) is 3.80. The molecule has 0 aromatic carbocycles. The maximum Gasteiger partial charge on any atom is 0.306 e. The van der Waals surface area contributed by atoms with Gasteiger partial charge in [-0.2, -0.15) is 0 Å². The number of Topliss-reactive ketones (excluding diaryl/α,β-unsaturated/α-hetero) is 2. The van der Waals surface area contributed by atoms with Crippen LogP contribution in [0.5, 0.6) is 0 Å². The Morgan fingerprint density at radius 2 is 1.61 bits per heavy atom. The minimum Gasteiger partial charge on any atom is -0.481 e. The number of hydrogen-bond acceptors (Lipinski definition) is 7. The van der Waals surface area contributed by atoms with Crippen molar-refractivity contribution in [1.82, 2.24) is 10.2 Å². The highest BCUT2D eigenvalue weighted by Crippen LogP contribution is 2.07. The van der Waals surface area contributed by atoms with Gasteiger partial charge < -0.3 is 15.2 Å². The molecule has 0 spiro atoms. The lowest BCUT2D eigenvalue weighted by molar-refractivity contribution is -0.143. The number of ketones is 2. The lowest BCUT2D eigenvalue weighted by atomic mass is 10.0. The Morgan fingerprint density at radius 1 is 1.00 bits per heavy atom. The molecular formula is C21H30N2O8. The highest BCUT2D eigenvalue weighted by Gasteiger charge is 2.23. The molecule has 0 saturated heterocycles. The molecule has 0 saturated carbocycles. The van der Waals surface area contributed by atoms with E-state index >= 15 is 0 Å². The standard InChI is InChI=1S/C21H30N2O8/c1-14(21(29)30)13-17(25)15(2)22-18(26)9-12-31-11-4-6-16(24)5-3-10-23-19(27)7-8-20(23)28/h7-8,14-15H,3-6,9-13H2,1-2H3,(H,22,26)(H,29,30)/t14-,15+/m1/s1. The van der Waals surface area contributed by atoms with Crippen LogP contribution in [0, 0.1) is 5.92 Å². The first kappa shape index (κ1) is 26.2. The van der Waals surface area contributed by atoms with Crippen LogP contribution >= 0.6 is 0 Å². The molecule has 0 aromatic heterocycles. The van der Waals surface area contributed by atoms with E-state index in [9.17, 15) is 28.8 Å². The van der Waals surface area contributed by atoms with Crippen molar-refractivity contribution in [3.8, 4) is 0 Å². The third-order valence-electron chi connectivity index (χ3n) is 4.75. The number of imide groups is 1. The van der Waals surface area contributed by atoms with Crippen LogP contribution in [0.1, 0.15) is 52.4 Å². The fraction of sp³-hybridized carbons (Fsp3) is 0.619. The summed E-state index contributed by atoms with van der Waals surface area (Å²) in [7, 11) is 0. The number of carboxylic acids is 1. The largest absolute Gasteiger partial charge is 0.481 e. The summed E-state index contributed by atoms with van der Waals surface area (Å²) in [5.41, 5.74) is 0. The van der Waals surface area contributed by atoms with Crippen LogP contribution in [0.4, 0.5) is 0 Å². The van der Waals surface area contributed by atoms with E-state index in [0.717, 1.165) is 4.90 Å². The van der Waals surface area contributed by atoms with Crippen LogP contribution in [-0.2, 0) is 33.5 Å². The van der Waals surface area contributed by atoms with Gasteiger partial charge in [0.15, 0.2) is 5.78 Å². The predicted octanol–water partition coefficient (Wildman–Crippen LogP) is 0.632. The van der Waals surface area contributed by atoms with Gasteiger partial charge in [-0.1, -0.05) is 6.92 Å². The number of nitrogens with zero attached hydrogens (tertiary/aromatic N) is 1. The Labute approximate surface area is 181 Å². The molecule has 0 fully saturated rings. The van der Waals surface area contributed by atoms with Crippen molar-refractivity contribution in [2.24, 2.45) is 5.92 Å². The number of ether oxygens (including phenoxy) is 1. The summed E-state index contributed by atoms with van der Waals surface area (Å²) < 4.78 is 5.33. The van der Waals surface area contributed by atoms with Crippen LogP contribution in [-0.4, -0.2) is 71.1 Å². The van der Waals surface area contributed by atoms with Crippen molar-refractivity contribution < 1.29 is 38.6 Å². The summed E-state index contributed by atoms with van der Waals surface area (Å²) in [5.74, 6) is -3.30. The predicted molar refractivity (Wildman–Crippen MR) is 109 cm³/mol. The molecular weight excluding hydrogens is 408 g/mol. The fourth-order valence-electron chi connectivity index (χ4n) is 2.81. The molecule has 1 heterocycles. The molecule has 10 nitrogen and oxygen atoms in total. The smallest absolute Gasteiger partial charge is 0.306 e. The second kappa shape index (κ2) is 13.4. The van der Waals surface area contributed by atoms with E-state index in [2.05, 4.69) is 5.32 Å². The third kappa shape index (κ3) is 10.1. The van der Waals surface area contributed by atoms with Crippen LogP contribution in [0.15, 0.2) is 12.2 Å². The van der Waals surface area contributed by atoms with Crippen molar-refractivity contribution in [2.45, 2.75) is 58.4 Å². The average molecular weight is 438 g/mol. The van der Waals surface area contributed by atoms with Crippen molar-refractivity contribution in [3.05, 3.63) is 12.2 Å². The molecule has 1 aliphatic heterocycles. The number of hydrogen-bond donors (Lipinski definition) is 2. The zero-order valence-electron chi connectivity index (χ0n) is 17.9. The second-order valence-corrected chi connectivity index (χ2v) is 7.47. The molecule has 3 amide bonds. The van der Waals surface area contributed by atoms with E-state index in [0.29, 0.717) is 25.9 Å². The quantitative estimate of drug-likeness (QED) is 0.263. The van der Waals surface area contributed by atoms with E-state index in [1.54, 1.807) is 0 Å². The molecule has 0 unspecified atom stereocenters. The summed E-state index contributed by atoms with van der Waals surface area (Å²) in [4.78, 5) is 70.2. The number of rotatable bonds is 16. The minimum absolute atomic E-state index is 0.0105. The molecule has 1 aliphatic rings.